The van der Waals surface area contributed by atoms with Crippen LogP contribution in [0.25, 0.3) is 0 Å². The second-order valence-electron chi connectivity index (χ2n) is 4.62. The Labute approximate surface area is 110 Å². The molecule has 0 saturated heterocycles. The van der Waals surface area contributed by atoms with Gasteiger partial charge in [0.05, 0.1) is 0 Å². The molecular formula is C15H24N2O. The van der Waals surface area contributed by atoms with E-state index in [1.54, 1.807) is 0 Å². The number of carbonyl (C=O) groups is 1. The average molecular weight is 248 g/mol. The Morgan fingerprint density at radius 1 is 1.28 bits per heavy atom. The van der Waals surface area contributed by atoms with Crippen molar-refractivity contribution in [1.29, 1.82) is 0 Å². The monoisotopic (exact) mass is 248 g/mol. The molecule has 1 rings (SSSR count). The van der Waals surface area contributed by atoms with Crippen molar-refractivity contribution in [2.24, 2.45) is 5.92 Å². The molecule has 0 fully saturated rings. The summed E-state index contributed by atoms with van der Waals surface area (Å²) < 4.78 is 0. The van der Waals surface area contributed by atoms with Gasteiger partial charge in [-0.25, -0.2) is 0 Å². The van der Waals surface area contributed by atoms with Gasteiger partial charge >= 0.3 is 0 Å². The van der Waals surface area contributed by atoms with Crippen molar-refractivity contribution in [3.8, 4) is 0 Å². The molecule has 0 radical (unpaired) electrons. The van der Waals surface area contributed by atoms with Crippen LogP contribution in [0.1, 0.15) is 39.2 Å². The Balaban J connectivity index is 2.68. The largest absolute Gasteiger partial charge is 0.326 e. The number of benzene rings is 1. The van der Waals surface area contributed by atoms with Gasteiger partial charge in [-0.1, -0.05) is 45.4 Å². The van der Waals surface area contributed by atoms with Crippen LogP contribution in [0.15, 0.2) is 24.3 Å². The number of carbonyl (C=O) groups excluding carboxylic acids is 1. The fraction of sp³-hybridized carbons (Fsp3) is 0.533. The molecule has 3 nitrogen and oxygen atoms in total. The van der Waals surface area contributed by atoms with Gasteiger partial charge in [0.15, 0.2) is 0 Å². The molecule has 3 heteroatoms. The van der Waals surface area contributed by atoms with Gasteiger partial charge in [0, 0.05) is 18.2 Å². The number of nitrogens with one attached hydrogen (secondary N) is 2. The van der Waals surface area contributed by atoms with Crippen molar-refractivity contribution in [3.63, 3.8) is 0 Å². The molecule has 2 N–H and O–H groups in total. The van der Waals surface area contributed by atoms with E-state index < -0.39 is 0 Å². The number of rotatable bonds is 7. The summed E-state index contributed by atoms with van der Waals surface area (Å²) in [7, 11) is 0. The van der Waals surface area contributed by atoms with Crippen LogP contribution in [0.5, 0.6) is 0 Å². The first kappa shape index (κ1) is 14.7. The van der Waals surface area contributed by atoms with Crippen molar-refractivity contribution >= 4 is 11.6 Å². The molecule has 0 aliphatic heterocycles. The third-order valence-corrected chi connectivity index (χ3v) is 3.01. The first-order chi connectivity index (χ1) is 8.69. The van der Waals surface area contributed by atoms with Crippen LogP contribution in [0.4, 0.5) is 5.69 Å². The van der Waals surface area contributed by atoms with Gasteiger partial charge in [-0.15, -0.1) is 0 Å². The molecule has 1 aromatic carbocycles. The van der Waals surface area contributed by atoms with Crippen LogP contribution in [0.2, 0.25) is 0 Å². The van der Waals surface area contributed by atoms with Gasteiger partial charge in [-0.05, 0) is 24.6 Å². The molecular weight excluding hydrogens is 224 g/mol. The van der Waals surface area contributed by atoms with Gasteiger partial charge < -0.3 is 10.6 Å². The molecule has 0 heterocycles. The zero-order valence-electron chi connectivity index (χ0n) is 11.6. The Morgan fingerprint density at radius 3 is 2.67 bits per heavy atom. The van der Waals surface area contributed by atoms with Crippen LogP contribution < -0.4 is 10.6 Å². The first-order valence-electron chi connectivity index (χ1n) is 6.78. The zero-order valence-corrected chi connectivity index (χ0v) is 11.6. The van der Waals surface area contributed by atoms with E-state index in [1.165, 1.54) is 0 Å². The minimum atomic E-state index is 0.0715. The molecule has 0 aliphatic carbocycles. The van der Waals surface area contributed by atoms with Crippen molar-refractivity contribution in [1.82, 2.24) is 5.32 Å². The third kappa shape index (κ3) is 4.49. The van der Waals surface area contributed by atoms with Crippen molar-refractivity contribution < 1.29 is 4.79 Å². The van der Waals surface area contributed by atoms with E-state index in [4.69, 9.17) is 0 Å². The maximum absolute atomic E-state index is 12.0. The highest BCUT2D eigenvalue weighted by atomic mass is 16.1. The fourth-order valence-electron chi connectivity index (χ4n) is 1.88. The average Bonchev–Trinajstić information content (AvgIpc) is 2.38. The van der Waals surface area contributed by atoms with Gasteiger partial charge in [-0.3, -0.25) is 4.79 Å². The van der Waals surface area contributed by atoms with Gasteiger partial charge in [0.2, 0.25) is 5.91 Å². The summed E-state index contributed by atoms with van der Waals surface area (Å²) in [6, 6.07) is 7.96. The number of hydrogen-bond acceptors (Lipinski definition) is 2. The quantitative estimate of drug-likeness (QED) is 0.778. The molecule has 0 aliphatic rings. The lowest BCUT2D eigenvalue weighted by atomic mass is 10.0. The maximum atomic E-state index is 12.0. The highest BCUT2D eigenvalue weighted by Crippen LogP contribution is 2.17. The second kappa shape index (κ2) is 7.88. The Bertz CT molecular complexity index is 377. The number of para-hydroxylation sites is 1. The molecule has 1 atom stereocenters. The highest BCUT2D eigenvalue weighted by molar-refractivity contribution is 5.93. The molecule has 0 saturated carbocycles. The van der Waals surface area contributed by atoms with E-state index in [-0.39, 0.29) is 11.8 Å². The standard InChI is InChI=1S/C15H24N2O/c1-4-8-12(3)15(18)17-14-10-7-6-9-13(14)11-16-5-2/h6-7,9-10,12,16H,4-5,8,11H2,1-3H3,(H,17,18). The predicted molar refractivity (Wildman–Crippen MR) is 76.5 cm³/mol. The summed E-state index contributed by atoms with van der Waals surface area (Å²) in [5.41, 5.74) is 2.06. The summed E-state index contributed by atoms with van der Waals surface area (Å²) in [6.45, 7) is 7.86. The normalized spacial score (nSPS) is 12.2. The number of anilines is 1. The summed E-state index contributed by atoms with van der Waals surface area (Å²) in [4.78, 5) is 12.0. The highest BCUT2D eigenvalue weighted by Gasteiger charge is 2.13. The summed E-state index contributed by atoms with van der Waals surface area (Å²) in [6.07, 6.45) is 1.97. The number of hydrogen-bond donors (Lipinski definition) is 2. The molecule has 0 spiro atoms. The van der Waals surface area contributed by atoms with Gasteiger partial charge in [0.1, 0.15) is 0 Å². The van der Waals surface area contributed by atoms with E-state index in [9.17, 15) is 4.79 Å². The predicted octanol–water partition coefficient (Wildman–Crippen LogP) is 3.17. The molecule has 1 amide bonds. The number of amides is 1. The topological polar surface area (TPSA) is 41.1 Å². The zero-order chi connectivity index (χ0) is 13.4. The summed E-state index contributed by atoms with van der Waals surface area (Å²) in [5, 5.41) is 6.31. The van der Waals surface area contributed by atoms with E-state index in [0.29, 0.717) is 0 Å². The molecule has 0 bridgehead atoms. The smallest absolute Gasteiger partial charge is 0.227 e. The lowest BCUT2D eigenvalue weighted by molar-refractivity contribution is -0.119. The summed E-state index contributed by atoms with van der Waals surface area (Å²) >= 11 is 0. The van der Waals surface area contributed by atoms with E-state index in [1.807, 2.05) is 31.2 Å². The van der Waals surface area contributed by atoms with Crippen LogP contribution >= 0.6 is 0 Å². The van der Waals surface area contributed by atoms with Crippen molar-refractivity contribution in [3.05, 3.63) is 29.8 Å². The van der Waals surface area contributed by atoms with Crippen LogP contribution in [0.3, 0.4) is 0 Å². The molecule has 18 heavy (non-hydrogen) atoms. The fourth-order valence-corrected chi connectivity index (χ4v) is 1.88. The molecule has 1 aromatic rings. The lowest BCUT2D eigenvalue weighted by Crippen LogP contribution is -2.22. The lowest BCUT2D eigenvalue weighted by Gasteiger charge is -2.14. The molecule has 0 aromatic heterocycles. The maximum Gasteiger partial charge on any atom is 0.227 e. The van der Waals surface area contributed by atoms with Crippen molar-refractivity contribution in [2.45, 2.75) is 40.2 Å². The third-order valence-electron chi connectivity index (χ3n) is 3.01. The van der Waals surface area contributed by atoms with Crippen molar-refractivity contribution in [2.75, 3.05) is 11.9 Å². The Hall–Kier alpha value is -1.35. The van der Waals surface area contributed by atoms with Crippen LogP contribution in [0, 0.1) is 5.92 Å². The molecule has 1 unspecified atom stereocenters. The van der Waals surface area contributed by atoms with Gasteiger partial charge in [0.25, 0.3) is 0 Å². The van der Waals surface area contributed by atoms with E-state index >= 15 is 0 Å². The SMILES string of the molecule is CCCC(C)C(=O)Nc1ccccc1CNCC. The Kier molecular flexibility index (Phi) is 6.44. The first-order valence-corrected chi connectivity index (χ1v) is 6.78. The van der Waals surface area contributed by atoms with E-state index in [0.717, 1.165) is 37.2 Å². The minimum Gasteiger partial charge on any atom is -0.326 e. The second-order valence-corrected chi connectivity index (χ2v) is 4.62. The van der Waals surface area contributed by atoms with Crippen LogP contribution in [-0.4, -0.2) is 12.5 Å². The van der Waals surface area contributed by atoms with Gasteiger partial charge in [-0.2, -0.15) is 0 Å². The van der Waals surface area contributed by atoms with E-state index in [2.05, 4.69) is 24.5 Å². The minimum absolute atomic E-state index is 0.0715. The summed E-state index contributed by atoms with van der Waals surface area (Å²) in [5.74, 6) is 0.183. The Morgan fingerprint density at radius 2 is 2.00 bits per heavy atom. The molecule has 100 valence electrons. The van der Waals surface area contributed by atoms with Crippen LogP contribution in [-0.2, 0) is 11.3 Å².